The smallest absolute Gasteiger partial charge is 0.183 e. The molecule has 1 aromatic carbocycles. The van der Waals surface area contributed by atoms with Gasteiger partial charge in [0, 0.05) is 12.6 Å². The van der Waals surface area contributed by atoms with Crippen molar-refractivity contribution in [3.63, 3.8) is 0 Å². The Bertz CT molecular complexity index is 552. The summed E-state index contributed by atoms with van der Waals surface area (Å²) in [4.78, 5) is 5.54. The first-order valence-electron chi connectivity index (χ1n) is 5.57. The lowest BCUT2D eigenvalue weighted by atomic mass is 10.1. The van der Waals surface area contributed by atoms with Crippen LogP contribution in [0.15, 0.2) is 18.2 Å². The van der Waals surface area contributed by atoms with Crippen molar-refractivity contribution < 1.29 is 9.47 Å². The molecule has 0 fully saturated rings. The normalized spacial score (nSPS) is 10.2. The van der Waals surface area contributed by atoms with Gasteiger partial charge in [0.05, 0.1) is 24.8 Å². The summed E-state index contributed by atoms with van der Waals surface area (Å²) in [5, 5.41) is 3.96. The monoisotopic (exact) mass is 264 g/mol. The van der Waals surface area contributed by atoms with Gasteiger partial charge in [0.2, 0.25) is 0 Å². The SMILES string of the molecule is CNc1nc(C)c(-c2cc(OC)ccc2OC)s1. The number of anilines is 1. The Hall–Kier alpha value is -1.75. The first kappa shape index (κ1) is 12.7. The number of nitrogens with zero attached hydrogens (tertiary/aromatic N) is 1. The van der Waals surface area contributed by atoms with Gasteiger partial charge in [0.25, 0.3) is 0 Å². The molecule has 0 unspecified atom stereocenters. The molecule has 0 saturated heterocycles. The van der Waals surface area contributed by atoms with E-state index in [1.807, 2.05) is 32.2 Å². The van der Waals surface area contributed by atoms with Crippen molar-refractivity contribution in [3.8, 4) is 21.9 Å². The third-order valence-corrected chi connectivity index (χ3v) is 3.87. The second-order valence-electron chi connectivity index (χ2n) is 3.75. The summed E-state index contributed by atoms with van der Waals surface area (Å²) in [7, 11) is 5.19. The van der Waals surface area contributed by atoms with E-state index in [1.54, 1.807) is 25.6 Å². The van der Waals surface area contributed by atoms with Crippen molar-refractivity contribution in [1.82, 2.24) is 4.98 Å². The number of methoxy groups -OCH3 is 2. The van der Waals surface area contributed by atoms with E-state index in [0.29, 0.717) is 0 Å². The number of rotatable bonds is 4. The maximum atomic E-state index is 5.40. The number of aryl methyl sites for hydroxylation is 1. The highest BCUT2D eigenvalue weighted by atomic mass is 32.1. The first-order valence-corrected chi connectivity index (χ1v) is 6.38. The molecule has 0 aliphatic rings. The average molecular weight is 264 g/mol. The average Bonchev–Trinajstić information content (AvgIpc) is 2.79. The summed E-state index contributed by atoms with van der Waals surface area (Å²) in [6.45, 7) is 1.99. The van der Waals surface area contributed by atoms with Crippen molar-refractivity contribution >= 4 is 16.5 Å². The fourth-order valence-corrected chi connectivity index (χ4v) is 2.69. The van der Waals surface area contributed by atoms with Crippen molar-refractivity contribution in [3.05, 3.63) is 23.9 Å². The Balaban J connectivity index is 2.56. The van der Waals surface area contributed by atoms with E-state index < -0.39 is 0 Å². The predicted octanol–water partition coefficient (Wildman–Crippen LogP) is 3.18. The molecule has 96 valence electrons. The molecule has 2 rings (SSSR count). The predicted molar refractivity (Wildman–Crippen MR) is 74.9 cm³/mol. The molecule has 1 aromatic heterocycles. The summed E-state index contributed by atoms with van der Waals surface area (Å²) < 4.78 is 10.7. The van der Waals surface area contributed by atoms with Crippen LogP contribution in [-0.2, 0) is 0 Å². The molecule has 0 spiro atoms. The molecule has 0 aliphatic carbocycles. The summed E-state index contributed by atoms with van der Waals surface area (Å²) in [5.41, 5.74) is 1.99. The van der Waals surface area contributed by atoms with Crippen LogP contribution in [0.2, 0.25) is 0 Å². The van der Waals surface area contributed by atoms with Gasteiger partial charge in [-0.1, -0.05) is 11.3 Å². The number of hydrogen-bond acceptors (Lipinski definition) is 5. The minimum atomic E-state index is 0.810. The van der Waals surface area contributed by atoms with Gasteiger partial charge < -0.3 is 14.8 Å². The molecule has 1 heterocycles. The van der Waals surface area contributed by atoms with Crippen LogP contribution in [0.3, 0.4) is 0 Å². The van der Waals surface area contributed by atoms with Gasteiger partial charge in [-0.05, 0) is 25.1 Å². The standard InChI is InChI=1S/C13H16N2O2S/c1-8-12(18-13(14-2)15-8)10-7-9(16-3)5-6-11(10)17-4/h5-7H,1-4H3,(H,14,15). The molecule has 5 heteroatoms. The van der Waals surface area contributed by atoms with Gasteiger partial charge in [-0.15, -0.1) is 0 Å². The molecule has 0 radical (unpaired) electrons. The maximum absolute atomic E-state index is 5.40. The number of ether oxygens (including phenoxy) is 2. The molecule has 0 atom stereocenters. The summed E-state index contributed by atoms with van der Waals surface area (Å²) in [6.07, 6.45) is 0. The van der Waals surface area contributed by atoms with Gasteiger partial charge in [0.15, 0.2) is 5.13 Å². The largest absolute Gasteiger partial charge is 0.497 e. The zero-order valence-corrected chi connectivity index (χ0v) is 11.7. The van der Waals surface area contributed by atoms with E-state index in [0.717, 1.165) is 32.8 Å². The summed E-state index contributed by atoms with van der Waals surface area (Å²) >= 11 is 1.60. The Morgan fingerprint density at radius 3 is 2.56 bits per heavy atom. The minimum Gasteiger partial charge on any atom is -0.497 e. The van der Waals surface area contributed by atoms with Gasteiger partial charge in [-0.3, -0.25) is 0 Å². The van der Waals surface area contributed by atoms with Crippen LogP contribution in [0.25, 0.3) is 10.4 Å². The van der Waals surface area contributed by atoms with E-state index in [9.17, 15) is 0 Å². The van der Waals surface area contributed by atoms with Crippen LogP contribution in [0.5, 0.6) is 11.5 Å². The van der Waals surface area contributed by atoms with Crippen molar-refractivity contribution in [1.29, 1.82) is 0 Å². The Labute approximate surface area is 111 Å². The van der Waals surface area contributed by atoms with E-state index in [2.05, 4.69) is 10.3 Å². The van der Waals surface area contributed by atoms with Crippen LogP contribution in [0.4, 0.5) is 5.13 Å². The van der Waals surface area contributed by atoms with Gasteiger partial charge in [0.1, 0.15) is 11.5 Å². The molecule has 4 nitrogen and oxygen atoms in total. The fourth-order valence-electron chi connectivity index (χ4n) is 1.74. The van der Waals surface area contributed by atoms with E-state index in [4.69, 9.17) is 9.47 Å². The summed E-state index contributed by atoms with van der Waals surface area (Å²) in [5.74, 6) is 1.63. The van der Waals surface area contributed by atoms with Crippen LogP contribution < -0.4 is 14.8 Å². The van der Waals surface area contributed by atoms with E-state index in [-0.39, 0.29) is 0 Å². The topological polar surface area (TPSA) is 43.4 Å². The van der Waals surface area contributed by atoms with E-state index in [1.165, 1.54) is 0 Å². The molecule has 2 aromatic rings. The summed E-state index contributed by atoms with van der Waals surface area (Å²) in [6, 6.07) is 5.77. The number of nitrogens with one attached hydrogen (secondary N) is 1. The van der Waals surface area contributed by atoms with Crippen molar-refractivity contribution in [2.24, 2.45) is 0 Å². The van der Waals surface area contributed by atoms with Crippen LogP contribution in [-0.4, -0.2) is 26.3 Å². The van der Waals surface area contributed by atoms with Crippen molar-refractivity contribution in [2.75, 3.05) is 26.6 Å². The van der Waals surface area contributed by atoms with Gasteiger partial charge >= 0.3 is 0 Å². The molecule has 0 saturated carbocycles. The van der Waals surface area contributed by atoms with Gasteiger partial charge in [-0.25, -0.2) is 4.98 Å². The lowest BCUT2D eigenvalue weighted by Gasteiger charge is -2.09. The molecule has 1 N–H and O–H groups in total. The lowest BCUT2D eigenvalue weighted by Crippen LogP contribution is -1.90. The molecule has 18 heavy (non-hydrogen) atoms. The zero-order chi connectivity index (χ0) is 13.1. The second-order valence-corrected chi connectivity index (χ2v) is 4.75. The Morgan fingerprint density at radius 1 is 1.22 bits per heavy atom. The number of hydrogen-bond donors (Lipinski definition) is 1. The number of benzene rings is 1. The first-order chi connectivity index (χ1) is 8.69. The third-order valence-electron chi connectivity index (χ3n) is 2.66. The molecule has 0 amide bonds. The quantitative estimate of drug-likeness (QED) is 0.921. The molecule has 0 bridgehead atoms. The zero-order valence-electron chi connectivity index (χ0n) is 10.9. The minimum absolute atomic E-state index is 0.810. The van der Waals surface area contributed by atoms with Crippen LogP contribution in [0.1, 0.15) is 5.69 Å². The highest BCUT2D eigenvalue weighted by Crippen LogP contribution is 2.39. The van der Waals surface area contributed by atoms with Crippen LogP contribution in [0, 0.1) is 6.92 Å². The Morgan fingerprint density at radius 2 is 2.00 bits per heavy atom. The molecule has 0 aliphatic heterocycles. The van der Waals surface area contributed by atoms with Crippen LogP contribution >= 0.6 is 11.3 Å². The third kappa shape index (κ3) is 2.26. The molecular formula is C13H16N2O2S. The highest BCUT2D eigenvalue weighted by molar-refractivity contribution is 7.19. The van der Waals surface area contributed by atoms with Gasteiger partial charge in [-0.2, -0.15) is 0 Å². The number of aromatic nitrogens is 1. The lowest BCUT2D eigenvalue weighted by molar-refractivity contribution is 0.404. The Kier molecular flexibility index (Phi) is 3.72. The molecular weight excluding hydrogens is 248 g/mol. The fraction of sp³-hybridized carbons (Fsp3) is 0.308. The number of thiazole rings is 1. The highest BCUT2D eigenvalue weighted by Gasteiger charge is 2.14. The van der Waals surface area contributed by atoms with E-state index >= 15 is 0 Å². The van der Waals surface area contributed by atoms with Crippen molar-refractivity contribution in [2.45, 2.75) is 6.92 Å². The maximum Gasteiger partial charge on any atom is 0.183 e. The second kappa shape index (κ2) is 5.27.